The normalized spacial score (nSPS) is 19.7. The SMILES string of the molecule is O=C(NC1CCN(C(=O)c2cc(Cl)cc(Cl)c2)CC1)C1CCCCC1. The topological polar surface area (TPSA) is 49.4 Å². The van der Waals surface area contributed by atoms with Crippen LogP contribution in [0.1, 0.15) is 55.3 Å². The van der Waals surface area contributed by atoms with E-state index in [1.807, 2.05) is 4.90 Å². The standard InChI is InChI=1S/C19H24Cl2N2O2/c20-15-10-14(11-16(21)12-15)19(25)23-8-6-17(7-9-23)22-18(24)13-4-2-1-3-5-13/h10-13,17H,1-9H2,(H,22,24). The number of carbonyl (C=O) groups is 2. The number of amides is 2. The lowest BCUT2D eigenvalue weighted by Crippen LogP contribution is -2.48. The predicted molar refractivity (Wildman–Crippen MR) is 100 cm³/mol. The van der Waals surface area contributed by atoms with Crippen molar-refractivity contribution in [3.63, 3.8) is 0 Å². The highest BCUT2D eigenvalue weighted by atomic mass is 35.5. The first-order valence-electron chi connectivity index (χ1n) is 9.08. The molecule has 2 fully saturated rings. The molecule has 1 aliphatic heterocycles. The number of carbonyl (C=O) groups excluding carboxylic acids is 2. The summed E-state index contributed by atoms with van der Waals surface area (Å²) in [5, 5.41) is 4.11. The highest BCUT2D eigenvalue weighted by Crippen LogP contribution is 2.25. The summed E-state index contributed by atoms with van der Waals surface area (Å²) in [4.78, 5) is 26.8. The van der Waals surface area contributed by atoms with Gasteiger partial charge in [0.25, 0.3) is 5.91 Å². The molecular formula is C19H24Cl2N2O2. The van der Waals surface area contributed by atoms with Crippen molar-refractivity contribution in [1.29, 1.82) is 0 Å². The van der Waals surface area contributed by atoms with Gasteiger partial charge < -0.3 is 10.2 Å². The summed E-state index contributed by atoms with van der Waals surface area (Å²) < 4.78 is 0. The molecule has 6 heteroatoms. The molecular weight excluding hydrogens is 359 g/mol. The van der Waals surface area contributed by atoms with Gasteiger partial charge in [-0.05, 0) is 43.9 Å². The summed E-state index contributed by atoms with van der Waals surface area (Å²) in [7, 11) is 0. The molecule has 0 radical (unpaired) electrons. The molecule has 25 heavy (non-hydrogen) atoms. The first kappa shape index (κ1) is 18.5. The van der Waals surface area contributed by atoms with E-state index in [4.69, 9.17) is 23.2 Å². The Kier molecular flexibility index (Phi) is 6.24. The number of nitrogens with one attached hydrogen (secondary N) is 1. The third kappa shape index (κ3) is 4.89. The lowest BCUT2D eigenvalue weighted by Gasteiger charge is -2.33. The van der Waals surface area contributed by atoms with E-state index in [0.29, 0.717) is 28.7 Å². The molecule has 0 aromatic heterocycles. The first-order chi connectivity index (χ1) is 12.0. The van der Waals surface area contributed by atoms with Gasteiger partial charge in [0.05, 0.1) is 0 Å². The van der Waals surface area contributed by atoms with E-state index in [-0.39, 0.29) is 23.8 Å². The number of hydrogen-bond donors (Lipinski definition) is 1. The second-order valence-corrected chi connectivity index (χ2v) is 7.94. The summed E-state index contributed by atoms with van der Waals surface area (Å²) in [5.41, 5.74) is 0.516. The zero-order valence-electron chi connectivity index (χ0n) is 14.3. The zero-order valence-corrected chi connectivity index (χ0v) is 15.8. The van der Waals surface area contributed by atoms with Crippen LogP contribution in [0.2, 0.25) is 10.0 Å². The van der Waals surface area contributed by atoms with E-state index in [0.717, 1.165) is 38.5 Å². The Hall–Kier alpha value is -1.26. The summed E-state index contributed by atoms with van der Waals surface area (Å²) in [6.45, 7) is 1.27. The van der Waals surface area contributed by atoms with Crippen LogP contribution >= 0.6 is 23.2 Å². The van der Waals surface area contributed by atoms with Crippen LogP contribution < -0.4 is 5.32 Å². The van der Waals surface area contributed by atoms with E-state index in [1.54, 1.807) is 18.2 Å². The smallest absolute Gasteiger partial charge is 0.253 e. The van der Waals surface area contributed by atoms with Gasteiger partial charge in [-0.1, -0.05) is 42.5 Å². The molecule has 0 bridgehead atoms. The van der Waals surface area contributed by atoms with Gasteiger partial charge in [-0.3, -0.25) is 9.59 Å². The molecule has 1 saturated carbocycles. The molecule has 2 aliphatic rings. The zero-order chi connectivity index (χ0) is 17.8. The van der Waals surface area contributed by atoms with Crippen LogP contribution in [0, 0.1) is 5.92 Å². The maximum Gasteiger partial charge on any atom is 0.253 e. The fourth-order valence-corrected chi connectivity index (χ4v) is 4.30. The summed E-state index contributed by atoms with van der Waals surface area (Å²) in [6, 6.07) is 5.08. The summed E-state index contributed by atoms with van der Waals surface area (Å²) in [5.74, 6) is 0.328. The Labute approximate surface area is 158 Å². The average molecular weight is 383 g/mol. The van der Waals surface area contributed by atoms with Crippen molar-refractivity contribution >= 4 is 35.0 Å². The van der Waals surface area contributed by atoms with Gasteiger partial charge in [-0.25, -0.2) is 0 Å². The van der Waals surface area contributed by atoms with Gasteiger partial charge in [0.2, 0.25) is 5.91 Å². The van der Waals surface area contributed by atoms with Crippen molar-refractivity contribution in [2.75, 3.05) is 13.1 Å². The summed E-state index contributed by atoms with van der Waals surface area (Å²) >= 11 is 12.0. The molecule has 1 aromatic carbocycles. The van der Waals surface area contributed by atoms with Gasteiger partial charge in [0.15, 0.2) is 0 Å². The van der Waals surface area contributed by atoms with Crippen LogP contribution in [0.25, 0.3) is 0 Å². The van der Waals surface area contributed by atoms with Crippen LogP contribution in [0.4, 0.5) is 0 Å². The Morgan fingerprint density at radius 1 is 0.920 bits per heavy atom. The van der Waals surface area contributed by atoms with Crippen LogP contribution in [0.15, 0.2) is 18.2 Å². The van der Waals surface area contributed by atoms with Gasteiger partial charge in [0, 0.05) is 40.7 Å². The Balaban J connectivity index is 1.51. The molecule has 1 heterocycles. The minimum atomic E-state index is -0.0542. The van der Waals surface area contributed by atoms with Crippen molar-refractivity contribution < 1.29 is 9.59 Å². The molecule has 3 rings (SSSR count). The Morgan fingerprint density at radius 3 is 2.12 bits per heavy atom. The lowest BCUT2D eigenvalue weighted by atomic mass is 9.88. The third-order valence-electron chi connectivity index (χ3n) is 5.21. The van der Waals surface area contributed by atoms with Crippen LogP contribution in [0.3, 0.4) is 0 Å². The molecule has 2 amide bonds. The molecule has 4 nitrogen and oxygen atoms in total. The van der Waals surface area contributed by atoms with E-state index < -0.39 is 0 Å². The van der Waals surface area contributed by atoms with Crippen molar-refractivity contribution in [2.45, 2.75) is 51.0 Å². The maximum absolute atomic E-state index is 12.6. The second kappa shape index (κ2) is 8.41. The lowest BCUT2D eigenvalue weighted by molar-refractivity contribution is -0.126. The molecule has 0 atom stereocenters. The van der Waals surface area contributed by atoms with E-state index in [9.17, 15) is 9.59 Å². The van der Waals surface area contributed by atoms with Crippen LogP contribution in [-0.2, 0) is 4.79 Å². The van der Waals surface area contributed by atoms with Crippen molar-refractivity contribution in [2.24, 2.45) is 5.92 Å². The van der Waals surface area contributed by atoms with Gasteiger partial charge >= 0.3 is 0 Å². The minimum Gasteiger partial charge on any atom is -0.353 e. The number of piperidine rings is 1. The molecule has 0 unspecified atom stereocenters. The number of rotatable bonds is 3. The number of benzene rings is 1. The second-order valence-electron chi connectivity index (χ2n) is 7.07. The van der Waals surface area contributed by atoms with Crippen LogP contribution in [-0.4, -0.2) is 35.8 Å². The summed E-state index contributed by atoms with van der Waals surface area (Å²) in [6.07, 6.45) is 7.17. The molecule has 0 spiro atoms. The van der Waals surface area contributed by atoms with Gasteiger partial charge in [-0.15, -0.1) is 0 Å². The van der Waals surface area contributed by atoms with Crippen molar-refractivity contribution in [3.05, 3.63) is 33.8 Å². The van der Waals surface area contributed by atoms with Gasteiger partial charge in [-0.2, -0.15) is 0 Å². The van der Waals surface area contributed by atoms with E-state index >= 15 is 0 Å². The molecule has 1 N–H and O–H groups in total. The maximum atomic E-state index is 12.6. The van der Waals surface area contributed by atoms with Crippen molar-refractivity contribution in [1.82, 2.24) is 10.2 Å². The van der Waals surface area contributed by atoms with E-state index in [2.05, 4.69) is 5.32 Å². The number of halogens is 2. The number of hydrogen-bond acceptors (Lipinski definition) is 2. The largest absolute Gasteiger partial charge is 0.353 e. The van der Waals surface area contributed by atoms with E-state index in [1.165, 1.54) is 6.42 Å². The molecule has 1 aromatic rings. The molecule has 1 aliphatic carbocycles. The predicted octanol–water partition coefficient (Wildman–Crippen LogP) is 4.29. The Morgan fingerprint density at radius 2 is 1.52 bits per heavy atom. The highest BCUT2D eigenvalue weighted by molar-refractivity contribution is 6.35. The highest BCUT2D eigenvalue weighted by Gasteiger charge is 2.27. The number of likely N-dealkylation sites (tertiary alicyclic amines) is 1. The fraction of sp³-hybridized carbons (Fsp3) is 0.579. The number of nitrogens with zero attached hydrogens (tertiary/aromatic N) is 1. The first-order valence-corrected chi connectivity index (χ1v) is 9.84. The van der Waals surface area contributed by atoms with Gasteiger partial charge in [0.1, 0.15) is 0 Å². The molecule has 136 valence electrons. The Bertz CT molecular complexity index is 616. The fourth-order valence-electron chi connectivity index (χ4n) is 3.77. The monoisotopic (exact) mass is 382 g/mol. The van der Waals surface area contributed by atoms with Crippen LogP contribution in [0.5, 0.6) is 0 Å². The minimum absolute atomic E-state index is 0.0542. The quantitative estimate of drug-likeness (QED) is 0.846. The van der Waals surface area contributed by atoms with Crippen molar-refractivity contribution in [3.8, 4) is 0 Å². The molecule has 1 saturated heterocycles. The average Bonchev–Trinajstić information content (AvgIpc) is 2.61. The third-order valence-corrected chi connectivity index (χ3v) is 5.65.